The lowest BCUT2D eigenvalue weighted by atomic mass is 10.1. The number of hydrogen-bond donors (Lipinski definition) is 5. The fraction of sp³-hybridized carbons (Fsp3) is 0.871. The highest BCUT2D eigenvalue weighted by Gasteiger charge is 2.20. The highest BCUT2D eigenvalue weighted by Crippen LogP contribution is 2.03. The maximum atomic E-state index is 12.9. The lowest BCUT2D eigenvalue weighted by Crippen LogP contribution is -2.47. The Morgan fingerprint density at radius 3 is 1.56 bits per heavy atom. The van der Waals surface area contributed by atoms with E-state index in [1.54, 1.807) is 0 Å². The average Bonchev–Trinajstić information content (AvgIpc) is 3.06. The summed E-state index contributed by atoms with van der Waals surface area (Å²) >= 11 is 0. The molecule has 0 rings (SSSR count). The maximum absolute atomic E-state index is 12.9. The van der Waals surface area contributed by atoms with Crippen molar-refractivity contribution in [3.8, 4) is 0 Å². The molecule has 48 heavy (non-hydrogen) atoms. The summed E-state index contributed by atoms with van der Waals surface area (Å²) in [5.41, 5.74) is 10.4. The van der Waals surface area contributed by atoms with Gasteiger partial charge in [-0.2, -0.15) is 0 Å². The largest absolute Gasteiger partial charge is 0.379 e. The highest BCUT2D eigenvalue weighted by atomic mass is 16.6. The molecule has 17 heteroatoms. The van der Waals surface area contributed by atoms with Gasteiger partial charge in [-0.25, -0.2) is 0 Å². The number of rotatable bonds is 37. The maximum Gasteiger partial charge on any atom is 0.242 e. The van der Waals surface area contributed by atoms with Crippen LogP contribution < -0.4 is 27.4 Å². The number of amides is 4. The van der Waals surface area contributed by atoms with Crippen LogP contribution in [0.25, 0.3) is 0 Å². The minimum atomic E-state index is -0.739. The van der Waals surface area contributed by atoms with Gasteiger partial charge < -0.3 is 65.3 Å². The van der Waals surface area contributed by atoms with Gasteiger partial charge >= 0.3 is 0 Å². The number of hydrogen-bond acceptors (Lipinski definition) is 13. The van der Waals surface area contributed by atoms with Crippen LogP contribution in [0.4, 0.5) is 0 Å². The van der Waals surface area contributed by atoms with Crippen LogP contribution in [0.15, 0.2) is 0 Å². The lowest BCUT2D eigenvalue weighted by Gasteiger charge is -2.19. The van der Waals surface area contributed by atoms with Crippen LogP contribution in [-0.4, -0.2) is 155 Å². The topological polar surface area (TPSA) is 230 Å². The molecule has 0 aromatic carbocycles. The number of nitrogens with one attached hydrogen (secondary N) is 3. The molecule has 0 aliphatic heterocycles. The van der Waals surface area contributed by atoms with E-state index in [4.69, 9.17) is 49.4 Å². The molecule has 0 fully saturated rings. The van der Waals surface area contributed by atoms with E-state index in [9.17, 15) is 19.2 Å². The SMILES string of the molecule is CCOCCOCCC(=O)NC(CCCCNC(=O)CCOCCOCCOCCN)C(=O)NCCOCCOCCOCCC(N)=O. The van der Waals surface area contributed by atoms with Crippen molar-refractivity contribution >= 4 is 23.6 Å². The Morgan fingerprint density at radius 2 is 1.02 bits per heavy atom. The Balaban J connectivity index is 4.23. The molecule has 17 nitrogen and oxygen atoms in total. The first kappa shape index (κ1) is 45.5. The van der Waals surface area contributed by atoms with Gasteiger partial charge in [0.2, 0.25) is 23.6 Å². The minimum absolute atomic E-state index is 0.114. The van der Waals surface area contributed by atoms with Crippen molar-refractivity contribution in [3.05, 3.63) is 0 Å². The third-order valence-electron chi connectivity index (χ3n) is 6.21. The Morgan fingerprint density at radius 1 is 0.542 bits per heavy atom. The first-order chi connectivity index (χ1) is 23.4. The molecule has 0 heterocycles. The predicted molar refractivity (Wildman–Crippen MR) is 176 cm³/mol. The van der Waals surface area contributed by atoms with Crippen molar-refractivity contribution in [3.63, 3.8) is 0 Å². The quantitative estimate of drug-likeness (QED) is 0.0474. The van der Waals surface area contributed by atoms with E-state index < -0.39 is 11.9 Å². The van der Waals surface area contributed by atoms with Gasteiger partial charge in [-0.05, 0) is 26.2 Å². The number of primary amides is 1. The Bertz CT molecular complexity index is 797. The molecule has 0 radical (unpaired) electrons. The van der Waals surface area contributed by atoms with E-state index in [-0.39, 0.29) is 70.0 Å². The zero-order chi connectivity index (χ0) is 35.3. The molecule has 7 N–H and O–H groups in total. The smallest absolute Gasteiger partial charge is 0.242 e. The molecule has 0 spiro atoms. The van der Waals surface area contributed by atoms with E-state index in [0.29, 0.717) is 112 Å². The van der Waals surface area contributed by atoms with Gasteiger partial charge in [0.15, 0.2) is 0 Å². The van der Waals surface area contributed by atoms with Gasteiger partial charge in [0.05, 0.1) is 99.1 Å². The van der Waals surface area contributed by atoms with Crippen LogP contribution in [0.2, 0.25) is 0 Å². The zero-order valence-corrected chi connectivity index (χ0v) is 28.8. The van der Waals surface area contributed by atoms with Crippen molar-refractivity contribution in [1.82, 2.24) is 16.0 Å². The summed E-state index contributed by atoms with van der Waals surface area (Å²) in [5, 5.41) is 8.43. The standard InChI is InChI=1S/C31H61N5O12/c1-2-41-17-18-44-14-8-30(39)36-27(31(40)35-11-16-46-22-26-48-23-19-42-12-6-28(33)37)5-3-4-10-34-29(38)7-13-43-20-24-47-25-21-45-15-9-32/h27H,2-26,32H2,1H3,(H2,33,37)(H,34,38)(H,35,40)(H,36,39). The number of nitrogens with two attached hydrogens (primary N) is 2. The summed E-state index contributed by atoms with van der Waals surface area (Å²) in [6, 6.07) is -0.739. The van der Waals surface area contributed by atoms with Crippen LogP contribution in [0, 0.1) is 0 Å². The first-order valence-corrected chi connectivity index (χ1v) is 16.8. The van der Waals surface area contributed by atoms with E-state index in [1.165, 1.54) is 0 Å². The number of ether oxygens (including phenoxy) is 8. The molecular formula is C31H61N5O12. The molecule has 1 unspecified atom stereocenters. The van der Waals surface area contributed by atoms with Crippen LogP contribution in [-0.2, 0) is 57.1 Å². The lowest BCUT2D eigenvalue weighted by molar-refractivity contribution is -0.130. The van der Waals surface area contributed by atoms with Gasteiger partial charge in [-0.15, -0.1) is 0 Å². The van der Waals surface area contributed by atoms with Crippen molar-refractivity contribution in [2.75, 3.05) is 125 Å². The number of carbonyl (C=O) groups is 4. The second kappa shape index (κ2) is 35.8. The van der Waals surface area contributed by atoms with E-state index in [1.807, 2.05) is 6.92 Å². The summed E-state index contributed by atoms with van der Waals surface area (Å²) in [7, 11) is 0. The summed E-state index contributed by atoms with van der Waals surface area (Å²) < 4.78 is 42.7. The average molecular weight is 696 g/mol. The van der Waals surface area contributed by atoms with E-state index in [2.05, 4.69) is 16.0 Å². The summed E-state index contributed by atoms with van der Waals surface area (Å²) in [6.45, 7) is 9.18. The van der Waals surface area contributed by atoms with Crippen LogP contribution >= 0.6 is 0 Å². The molecule has 0 saturated carbocycles. The monoisotopic (exact) mass is 695 g/mol. The van der Waals surface area contributed by atoms with Crippen LogP contribution in [0.1, 0.15) is 45.4 Å². The second-order valence-corrected chi connectivity index (χ2v) is 10.2. The molecule has 282 valence electrons. The molecule has 0 saturated heterocycles. The van der Waals surface area contributed by atoms with Gasteiger partial charge in [-0.1, -0.05) is 0 Å². The zero-order valence-electron chi connectivity index (χ0n) is 28.8. The first-order valence-electron chi connectivity index (χ1n) is 16.8. The van der Waals surface area contributed by atoms with Crippen LogP contribution in [0.5, 0.6) is 0 Å². The van der Waals surface area contributed by atoms with Crippen molar-refractivity contribution < 1.29 is 57.1 Å². The van der Waals surface area contributed by atoms with Gasteiger partial charge in [0, 0.05) is 45.5 Å². The second-order valence-electron chi connectivity index (χ2n) is 10.2. The van der Waals surface area contributed by atoms with Crippen molar-refractivity contribution in [2.45, 2.75) is 51.5 Å². The Hall–Kier alpha value is -2.48. The summed E-state index contributed by atoms with van der Waals surface area (Å²) in [4.78, 5) is 48.1. The highest BCUT2D eigenvalue weighted by molar-refractivity contribution is 5.87. The molecule has 0 bridgehead atoms. The Labute approximate surface area is 285 Å². The molecule has 0 aromatic rings. The van der Waals surface area contributed by atoms with Gasteiger partial charge in [0.25, 0.3) is 0 Å². The molecule has 0 aromatic heterocycles. The third-order valence-corrected chi connectivity index (χ3v) is 6.21. The molecule has 1 atom stereocenters. The third kappa shape index (κ3) is 33.4. The molecule has 0 aliphatic carbocycles. The fourth-order valence-corrected chi connectivity index (χ4v) is 3.73. The Kier molecular flexibility index (Phi) is 34.0. The van der Waals surface area contributed by atoms with Crippen molar-refractivity contribution in [1.29, 1.82) is 0 Å². The van der Waals surface area contributed by atoms with Crippen molar-refractivity contribution in [2.24, 2.45) is 11.5 Å². The number of carbonyl (C=O) groups excluding carboxylic acids is 4. The number of unbranched alkanes of at least 4 members (excludes halogenated alkanes) is 1. The molecule has 4 amide bonds. The van der Waals surface area contributed by atoms with Gasteiger partial charge in [0.1, 0.15) is 6.04 Å². The predicted octanol–water partition coefficient (Wildman–Crippen LogP) is -1.36. The van der Waals surface area contributed by atoms with Gasteiger partial charge in [-0.3, -0.25) is 19.2 Å². The molecular weight excluding hydrogens is 634 g/mol. The fourth-order valence-electron chi connectivity index (χ4n) is 3.73. The normalized spacial score (nSPS) is 11.7. The van der Waals surface area contributed by atoms with Crippen LogP contribution in [0.3, 0.4) is 0 Å². The van der Waals surface area contributed by atoms with E-state index in [0.717, 1.165) is 0 Å². The molecule has 0 aliphatic rings. The summed E-state index contributed by atoms with van der Waals surface area (Å²) in [6.07, 6.45) is 2.15. The van der Waals surface area contributed by atoms with E-state index >= 15 is 0 Å². The summed E-state index contributed by atoms with van der Waals surface area (Å²) in [5.74, 6) is -1.15. The minimum Gasteiger partial charge on any atom is -0.379 e.